The number of rotatable bonds is 4. The van der Waals surface area contributed by atoms with Gasteiger partial charge in [0.2, 0.25) is 26.8 Å². The van der Waals surface area contributed by atoms with Gasteiger partial charge in [0.15, 0.2) is 0 Å². The van der Waals surface area contributed by atoms with Crippen molar-refractivity contribution in [3.8, 4) is 0 Å². The molecule has 0 saturated heterocycles. The molecule has 106 valence electrons. The highest BCUT2D eigenvalue weighted by Gasteiger charge is 2.20. The number of benzene rings is 1. The summed E-state index contributed by atoms with van der Waals surface area (Å²) in [5, 5.41) is 8.43. The highest BCUT2D eigenvalue weighted by molar-refractivity contribution is 7.90. The molecule has 0 unspecified atom stereocenters. The quantitative estimate of drug-likeness (QED) is 0.887. The summed E-state index contributed by atoms with van der Waals surface area (Å²) in [6.07, 6.45) is 0. The van der Waals surface area contributed by atoms with Crippen molar-refractivity contribution in [2.24, 2.45) is 0 Å². The molecule has 1 aromatic carbocycles. The Morgan fingerprint density at radius 2 is 2.00 bits per heavy atom. The second-order valence-electron chi connectivity index (χ2n) is 4.03. The number of hydrogen-bond acceptors (Lipinski definition) is 5. The highest BCUT2D eigenvalue weighted by Crippen LogP contribution is 2.16. The molecule has 9 heteroatoms. The van der Waals surface area contributed by atoms with E-state index in [1.807, 2.05) is 0 Å². The molecule has 20 heavy (non-hydrogen) atoms. The van der Waals surface area contributed by atoms with Crippen molar-refractivity contribution >= 4 is 33.3 Å². The van der Waals surface area contributed by atoms with Crippen LogP contribution in [0.4, 0.5) is 5.95 Å². The smallest absolute Gasteiger partial charge is 0.249 e. The monoisotopic (exact) mass is 314 g/mol. The van der Waals surface area contributed by atoms with Crippen LogP contribution >= 0.6 is 11.6 Å². The first-order valence-corrected chi connectivity index (χ1v) is 7.57. The molecule has 2 N–H and O–H groups in total. The SMILES string of the molecule is CC(=O)Nc1n[nH]c(S(=O)(=O)Cc2ccc(Cl)cc2)n1. The Morgan fingerprint density at radius 1 is 1.35 bits per heavy atom. The van der Waals surface area contributed by atoms with E-state index in [0.717, 1.165) is 0 Å². The van der Waals surface area contributed by atoms with Crippen LogP contribution in [0.25, 0.3) is 0 Å². The minimum atomic E-state index is -3.66. The molecule has 1 amide bonds. The van der Waals surface area contributed by atoms with Crippen molar-refractivity contribution in [3.05, 3.63) is 34.9 Å². The Bertz CT molecular complexity index is 724. The fraction of sp³-hybridized carbons (Fsp3) is 0.182. The molecule has 2 rings (SSSR count). The maximum atomic E-state index is 12.1. The predicted octanol–water partition coefficient (Wildman–Crippen LogP) is 1.39. The van der Waals surface area contributed by atoms with Gasteiger partial charge in [0.1, 0.15) is 0 Å². The standard InChI is InChI=1S/C11H11ClN4O3S/c1-7(17)13-10-14-11(16-15-10)20(18,19)6-8-2-4-9(12)5-3-8/h2-5H,6H2,1H3,(H2,13,14,15,16,17). The molecule has 0 bridgehead atoms. The molecule has 0 atom stereocenters. The zero-order chi connectivity index (χ0) is 14.8. The first kappa shape index (κ1) is 14.5. The lowest BCUT2D eigenvalue weighted by Crippen LogP contribution is -2.09. The van der Waals surface area contributed by atoms with E-state index in [0.29, 0.717) is 10.6 Å². The highest BCUT2D eigenvalue weighted by atomic mass is 35.5. The van der Waals surface area contributed by atoms with Crippen LogP contribution < -0.4 is 5.32 Å². The number of aromatic amines is 1. The summed E-state index contributed by atoms with van der Waals surface area (Å²) in [5.41, 5.74) is 0.576. The van der Waals surface area contributed by atoms with E-state index >= 15 is 0 Å². The van der Waals surface area contributed by atoms with Crippen LogP contribution in [0.3, 0.4) is 0 Å². The lowest BCUT2D eigenvalue weighted by atomic mass is 10.2. The van der Waals surface area contributed by atoms with Crippen LogP contribution in [0.15, 0.2) is 29.4 Å². The summed E-state index contributed by atoms with van der Waals surface area (Å²) >= 11 is 5.73. The zero-order valence-electron chi connectivity index (χ0n) is 10.4. The molecule has 0 aliphatic rings. The van der Waals surface area contributed by atoms with Gasteiger partial charge in [-0.05, 0) is 17.7 Å². The van der Waals surface area contributed by atoms with E-state index in [1.165, 1.54) is 6.92 Å². The normalized spacial score (nSPS) is 11.3. The molecule has 0 radical (unpaired) electrons. The second-order valence-corrected chi connectivity index (χ2v) is 6.37. The van der Waals surface area contributed by atoms with Gasteiger partial charge in [0, 0.05) is 11.9 Å². The summed E-state index contributed by atoms with van der Waals surface area (Å²) in [6.45, 7) is 1.28. The van der Waals surface area contributed by atoms with Crippen LogP contribution in [0.5, 0.6) is 0 Å². The Kier molecular flexibility index (Phi) is 4.05. The van der Waals surface area contributed by atoms with E-state index < -0.39 is 9.84 Å². The number of amides is 1. The number of nitrogens with zero attached hydrogens (tertiary/aromatic N) is 2. The maximum Gasteiger partial charge on any atom is 0.249 e. The lowest BCUT2D eigenvalue weighted by molar-refractivity contribution is -0.114. The average molecular weight is 315 g/mol. The molecule has 0 aliphatic heterocycles. The van der Waals surface area contributed by atoms with Gasteiger partial charge < -0.3 is 0 Å². The lowest BCUT2D eigenvalue weighted by Gasteiger charge is -2.01. The van der Waals surface area contributed by atoms with Crippen molar-refractivity contribution in [2.75, 3.05) is 5.32 Å². The molecule has 7 nitrogen and oxygen atoms in total. The summed E-state index contributed by atoms with van der Waals surface area (Å²) < 4.78 is 24.2. The van der Waals surface area contributed by atoms with Crippen LogP contribution in [0.2, 0.25) is 5.02 Å². The van der Waals surface area contributed by atoms with E-state index in [1.54, 1.807) is 24.3 Å². The molecule has 0 saturated carbocycles. The number of halogens is 1. The Morgan fingerprint density at radius 3 is 2.60 bits per heavy atom. The number of sulfone groups is 1. The summed E-state index contributed by atoms with van der Waals surface area (Å²) in [5.74, 6) is -0.698. The molecule has 0 spiro atoms. The number of hydrogen-bond donors (Lipinski definition) is 2. The number of aromatic nitrogens is 3. The Balaban J connectivity index is 2.19. The van der Waals surface area contributed by atoms with Gasteiger partial charge in [-0.15, -0.1) is 5.10 Å². The molecule has 1 aromatic heterocycles. The first-order valence-electron chi connectivity index (χ1n) is 5.54. The second kappa shape index (κ2) is 5.59. The minimum Gasteiger partial charge on any atom is -0.293 e. The molecule has 1 heterocycles. The van der Waals surface area contributed by atoms with Crippen molar-refractivity contribution in [3.63, 3.8) is 0 Å². The maximum absolute atomic E-state index is 12.1. The summed E-state index contributed by atoms with van der Waals surface area (Å²) in [4.78, 5) is 14.6. The summed E-state index contributed by atoms with van der Waals surface area (Å²) in [6, 6.07) is 6.45. The van der Waals surface area contributed by atoms with Gasteiger partial charge in [-0.3, -0.25) is 10.1 Å². The molecule has 2 aromatic rings. The molecular formula is C11H11ClN4O3S. The number of carbonyl (C=O) groups is 1. The number of nitrogens with one attached hydrogen (secondary N) is 2. The van der Waals surface area contributed by atoms with E-state index in [4.69, 9.17) is 11.6 Å². The minimum absolute atomic E-state index is 0.0767. The van der Waals surface area contributed by atoms with Crippen LogP contribution in [-0.2, 0) is 20.4 Å². The van der Waals surface area contributed by atoms with Gasteiger partial charge in [-0.25, -0.2) is 13.5 Å². The third-order valence-corrected chi connectivity index (χ3v) is 4.05. The predicted molar refractivity (Wildman–Crippen MR) is 73.0 cm³/mol. The number of carbonyl (C=O) groups excluding carboxylic acids is 1. The van der Waals surface area contributed by atoms with E-state index in [9.17, 15) is 13.2 Å². The average Bonchev–Trinajstić information content (AvgIpc) is 2.80. The van der Waals surface area contributed by atoms with Gasteiger partial charge in [0.05, 0.1) is 5.75 Å². The fourth-order valence-corrected chi connectivity index (χ4v) is 2.77. The van der Waals surface area contributed by atoms with Crippen molar-refractivity contribution < 1.29 is 13.2 Å². The van der Waals surface area contributed by atoms with Gasteiger partial charge >= 0.3 is 0 Å². The van der Waals surface area contributed by atoms with E-state index in [2.05, 4.69) is 20.5 Å². The molecular weight excluding hydrogens is 304 g/mol. The van der Waals surface area contributed by atoms with E-state index in [-0.39, 0.29) is 22.8 Å². The number of anilines is 1. The first-order chi connectivity index (χ1) is 9.37. The van der Waals surface area contributed by atoms with Gasteiger partial charge in [-0.1, -0.05) is 23.7 Å². The van der Waals surface area contributed by atoms with Crippen LogP contribution in [0, 0.1) is 0 Å². The van der Waals surface area contributed by atoms with Crippen molar-refractivity contribution in [1.29, 1.82) is 0 Å². The van der Waals surface area contributed by atoms with Crippen LogP contribution in [0.1, 0.15) is 12.5 Å². The molecule has 0 aliphatic carbocycles. The van der Waals surface area contributed by atoms with Gasteiger partial charge in [-0.2, -0.15) is 4.98 Å². The largest absolute Gasteiger partial charge is 0.293 e. The Labute approximate surface area is 120 Å². The molecule has 0 fully saturated rings. The number of H-pyrrole nitrogens is 1. The topological polar surface area (TPSA) is 105 Å². The zero-order valence-corrected chi connectivity index (χ0v) is 12.0. The third kappa shape index (κ3) is 3.55. The van der Waals surface area contributed by atoms with Crippen molar-refractivity contribution in [1.82, 2.24) is 15.2 Å². The van der Waals surface area contributed by atoms with Gasteiger partial charge in [0.25, 0.3) is 0 Å². The fourth-order valence-electron chi connectivity index (χ4n) is 1.47. The summed E-state index contributed by atoms with van der Waals surface area (Å²) in [7, 11) is -3.66. The van der Waals surface area contributed by atoms with Crippen molar-refractivity contribution in [2.45, 2.75) is 17.8 Å². The Hall–Kier alpha value is -1.93. The van der Waals surface area contributed by atoms with Crippen LogP contribution in [-0.4, -0.2) is 29.5 Å². The third-order valence-electron chi connectivity index (χ3n) is 2.32.